The summed E-state index contributed by atoms with van der Waals surface area (Å²) >= 11 is 3.63. The van der Waals surface area contributed by atoms with E-state index in [9.17, 15) is 8.42 Å². The Labute approximate surface area is 258 Å². The van der Waals surface area contributed by atoms with Crippen LogP contribution in [0.4, 0.5) is 11.4 Å². The van der Waals surface area contributed by atoms with Crippen LogP contribution in [-0.4, -0.2) is 31.1 Å². The van der Waals surface area contributed by atoms with Crippen molar-refractivity contribution in [2.24, 2.45) is 27.7 Å². The Kier molecular flexibility index (Phi) is 7.76. The number of pyridine rings is 1. The van der Waals surface area contributed by atoms with Crippen molar-refractivity contribution in [1.82, 2.24) is 14.3 Å². The Hall–Kier alpha value is -4.12. The SMILES string of the molecule is Cn1c2ccc(Br)cc2c(=NCC(C)(C)CNS(=O)(=O)c2ccc(N=Nc3ccccc3)cc2)c2c3ccccc3[nH]c21. The van der Waals surface area contributed by atoms with Crippen LogP contribution < -0.4 is 10.1 Å². The molecule has 8 nitrogen and oxygen atoms in total. The Morgan fingerprint density at radius 2 is 1.53 bits per heavy atom. The third-order valence-corrected chi connectivity index (χ3v) is 9.33. The van der Waals surface area contributed by atoms with Gasteiger partial charge in [-0.2, -0.15) is 10.2 Å². The second-order valence-corrected chi connectivity index (χ2v) is 14.0. The molecule has 218 valence electrons. The Morgan fingerprint density at radius 1 is 0.860 bits per heavy atom. The molecule has 4 aromatic carbocycles. The van der Waals surface area contributed by atoms with Gasteiger partial charge in [-0.1, -0.05) is 66.2 Å². The predicted molar refractivity (Wildman–Crippen MR) is 176 cm³/mol. The molecule has 0 radical (unpaired) electrons. The molecule has 6 rings (SSSR count). The van der Waals surface area contributed by atoms with E-state index < -0.39 is 15.4 Å². The number of benzene rings is 4. The highest BCUT2D eigenvalue weighted by Crippen LogP contribution is 2.28. The van der Waals surface area contributed by atoms with Gasteiger partial charge in [0.1, 0.15) is 5.65 Å². The second-order valence-electron chi connectivity index (χ2n) is 11.3. The van der Waals surface area contributed by atoms with Crippen LogP contribution in [0.3, 0.4) is 0 Å². The number of nitrogens with zero attached hydrogens (tertiary/aromatic N) is 4. The van der Waals surface area contributed by atoms with Gasteiger partial charge in [0.15, 0.2) is 0 Å². The third-order valence-electron chi connectivity index (χ3n) is 7.42. The summed E-state index contributed by atoms with van der Waals surface area (Å²) in [6.07, 6.45) is 0. The quantitative estimate of drug-likeness (QED) is 0.163. The number of aromatic nitrogens is 2. The van der Waals surface area contributed by atoms with E-state index >= 15 is 0 Å². The van der Waals surface area contributed by atoms with Crippen LogP contribution >= 0.6 is 15.9 Å². The zero-order valence-electron chi connectivity index (χ0n) is 24.0. The summed E-state index contributed by atoms with van der Waals surface area (Å²) in [6.45, 7) is 4.66. The van der Waals surface area contributed by atoms with E-state index in [0.717, 1.165) is 48.4 Å². The van der Waals surface area contributed by atoms with E-state index in [0.29, 0.717) is 12.2 Å². The summed E-state index contributed by atoms with van der Waals surface area (Å²) in [4.78, 5) is 8.89. The lowest BCUT2D eigenvalue weighted by molar-refractivity contribution is 0.374. The monoisotopic (exact) mass is 654 g/mol. The highest BCUT2D eigenvalue weighted by atomic mass is 79.9. The van der Waals surface area contributed by atoms with Gasteiger partial charge in [-0.3, -0.25) is 4.99 Å². The van der Waals surface area contributed by atoms with Gasteiger partial charge in [-0.15, -0.1) is 0 Å². The van der Waals surface area contributed by atoms with E-state index in [1.54, 1.807) is 24.3 Å². The molecular formula is C33H31BrN6O2S. The molecular weight excluding hydrogens is 624 g/mol. The van der Waals surface area contributed by atoms with Gasteiger partial charge in [-0.25, -0.2) is 13.1 Å². The third kappa shape index (κ3) is 6.04. The zero-order chi connectivity index (χ0) is 30.2. The number of sulfonamides is 1. The predicted octanol–water partition coefficient (Wildman–Crippen LogP) is 7.90. The zero-order valence-corrected chi connectivity index (χ0v) is 26.4. The molecule has 2 aromatic heterocycles. The maximum Gasteiger partial charge on any atom is 0.240 e. The number of H-pyrrole nitrogens is 1. The van der Waals surface area contributed by atoms with Crippen molar-refractivity contribution in [2.45, 2.75) is 18.7 Å². The van der Waals surface area contributed by atoms with Crippen molar-refractivity contribution < 1.29 is 8.42 Å². The Bertz CT molecular complexity index is 2170. The molecule has 0 spiro atoms. The van der Waals surface area contributed by atoms with Crippen molar-refractivity contribution >= 4 is 70.2 Å². The molecule has 2 heterocycles. The molecule has 0 saturated carbocycles. The summed E-state index contributed by atoms with van der Waals surface area (Å²) in [5, 5.41) is 12.4. The number of halogens is 1. The summed E-state index contributed by atoms with van der Waals surface area (Å²) in [7, 11) is -1.69. The van der Waals surface area contributed by atoms with Crippen molar-refractivity contribution in [3.63, 3.8) is 0 Å². The minimum atomic E-state index is -3.74. The molecule has 2 N–H and O–H groups in total. The highest BCUT2D eigenvalue weighted by Gasteiger charge is 2.23. The largest absolute Gasteiger partial charge is 0.341 e. The number of aryl methyl sites for hydroxylation is 1. The topological polar surface area (TPSA) is 104 Å². The van der Waals surface area contributed by atoms with Crippen molar-refractivity contribution in [2.75, 3.05) is 13.1 Å². The van der Waals surface area contributed by atoms with E-state index in [1.807, 2.05) is 62.4 Å². The van der Waals surface area contributed by atoms with Gasteiger partial charge in [0.25, 0.3) is 0 Å². The first-order valence-corrected chi connectivity index (χ1v) is 16.1. The fraction of sp³-hybridized carbons (Fsp3) is 0.182. The van der Waals surface area contributed by atoms with Gasteiger partial charge >= 0.3 is 0 Å². The summed E-state index contributed by atoms with van der Waals surface area (Å²) in [5.74, 6) is 0. The summed E-state index contributed by atoms with van der Waals surface area (Å²) < 4.78 is 32.3. The first-order chi connectivity index (χ1) is 20.6. The number of azo groups is 1. The van der Waals surface area contributed by atoms with E-state index in [1.165, 1.54) is 0 Å². The fourth-order valence-electron chi connectivity index (χ4n) is 5.05. The smallest absolute Gasteiger partial charge is 0.240 e. The molecule has 0 saturated heterocycles. The molecule has 0 aliphatic rings. The minimum Gasteiger partial charge on any atom is -0.341 e. The number of fused-ring (bicyclic) bond motifs is 4. The molecule has 0 bridgehead atoms. The van der Waals surface area contributed by atoms with Crippen LogP contribution in [0.15, 0.2) is 122 Å². The number of aromatic amines is 1. The van der Waals surface area contributed by atoms with Crippen LogP contribution in [0.2, 0.25) is 0 Å². The molecule has 0 aliphatic heterocycles. The molecule has 0 aliphatic carbocycles. The van der Waals surface area contributed by atoms with Crippen LogP contribution in [0.5, 0.6) is 0 Å². The molecule has 0 amide bonds. The van der Waals surface area contributed by atoms with E-state index in [2.05, 4.69) is 71.7 Å². The number of nitrogens with one attached hydrogen (secondary N) is 2. The molecule has 6 aromatic rings. The van der Waals surface area contributed by atoms with Gasteiger partial charge in [0.2, 0.25) is 10.0 Å². The molecule has 0 fully saturated rings. The van der Waals surface area contributed by atoms with Crippen molar-refractivity contribution in [3.8, 4) is 0 Å². The standard InChI is InChI=1S/C33H31BrN6O2S/c1-33(2,21-36-43(41,42)25-16-14-24(15-17-25)39-38-23-9-5-4-6-10-23)20-35-31-27-19-22(34)13-18-29(27)40(3)32-30(31)26-11-7-8-12-28(26)37-32/h4-19,36-37H,20-21H2,1-3H3. The normalized spacial score (nSPS) is 13.2. The number of para-hydroxylation sites is 1. The van der Waals surface area contributed by atoms with Crippen LogP contribution in [-0.2, 0) is 17.1 Å². The maximum atomic E-state index is 13.2. The molecule has 43 heavy (non-hydrogen) atoms. The molecule has 0 unspecified atom stereocenters. The Balaban J connectivity index is 1.26. The lowest BCUT2D eigenvalue weighted by Gasteiger charge is -2.23. The lowest BCUT2D eigenvalue weighted by atomic mass is 9.94. The summed E-state index contributed by atoms with van der Waals surface area (Å²) in [6, 6.07) is 30.2. The second kappa shape index (κ2) is 11.5. The minimum absolute atomic E-state index is 0.172. The first-order valence-electron chi connectivity index (χ1n) is 13.9. The maximum absolute atomic E-state index is 13.2. The van der Waals surface area contributed by atoms with Gasteiger partial charge in [-0.05, 0) is 66.1 Å². The van der Waals surface area contributed by atoms with Crippen LogP contribution in [0, 0.1) is 5.41 Å². The number of hydrogen-bond acceptors (Lipinski definition) is 5. The van der Waals surface area contributed by atoms with Gasteiger partial charge < -0.3 is 9.55 Å². The molecule has 0 atom stereocenters. The van der Waals surface area contributed by atoms with Crippen LogP contribution in [0.25, 0.3) is 32.8 Å². The van der Waals surface area contributed by atoms with Gasteiger partial charge in [0, 0.05) is 40.9 Å². The van der Waals surface area contributed by atoms with E-state index in [-0.39, 0.29) is 11.4 Å². The number of rotatable bonds is 8. The first kappa shape index (κ1) is 29.0. The van der Waals surface area contributed by atoms with E-state index in [4.69, 9.17) is 4.99 Å². The fourth-order valence-corrected chi connectivity index (χ4v) is 6.66. The van der Waals surface area contributed by atoms with Gasteiger partial charge in [0.05, 0.1) is 32.5 Å². The number of hydrogen-bond donors (Lipinski definition) is 2. The molecule has 10 heteroatoms. The van der Waals surface area contributed by atoms with Crippen molar-refractivity contribution in [1.29, 1.82) is 0 Å². The average Bonchev–Trinajstić information content (AvgIpc) is 3.40. The lowest BCUT2D eigenvalue weighted by Crippen LogP contribution is -2.36. The van der Waals surface area contributed by atoms with Crippen LogP contribution in [0.1, 0.15) is 13.8 Å². The Morgan fingerprint density at radius 3 is 2.28 bits per heavy atom. The average molecular weight is 656 g/mol. The van der Waals surface area contributed by atoms with Crippen molar-refractivity contribution in [3.05, 3.63) is 107 Å². The summed E-state index contributed by atoms with van der Waals surface area (Å²) in [5.41, 5.74) is 3.90. The highest BCUT2D eigenvalue weighted by molar-refractivity contribution is 9.10.